The van der Waals surface area contributed by atoms with Crippen LogP contribution in [0, 0.1) is 5.92 Å². The molecule has 0 unspecified atom stereocenters. The highest BCUT2D eigenvalue weighted by Gasteiger charge is 2.31. The van der Waals surface area contributed by atoms with E-state index in [9.17, 15) is 4.79 Å². The number of rotatable bonds is 6. The van der Waals surface area contributed by atoms with Gasteiger partial charge < -0.3 is 14.6 Å². The van der Waals surface area contributed by atoms with E-state index >= 15 is 0 Å². The van der Waals surface area contributed by atoms with Crippen molar-refractivity contribution in [2.75, 3.05) is 37.6 Å². The van der Waals surface area contributed by atoms with Crippen molar-refractivity contribution in [1.29, 1.82) is 0 Å². The fourth-order valence-corrected chi connectivity index (χ4v) is 5.31. The van der Waals surface area contributed by atoms with E-state index in [-0.39, 0.29) is 17.8 Å². The van der Waals surface area contributed by atoms with E-state index in [1.807, 2.05) is 11.3 Å². The highest BCUT2D eigenvalue weighted by Crippen LogP contribution is 2.32. The summed E-state index contributed by atoms with van der Waals surface area (Å²) in [6.45, 7) is 5.58. The molecule has 5 rings (SSSR count). The zero-order valence-corrected chi connectivity index (χ0v) is 17.2. The lowest BCUT2D eigenvalue weighted by molar-refractivity contribution is 0.0842. The van der Waals surface area contributed by atoms with Gasteiger partial charge in [-0.05, 0) is 55.3 Å². The molecule has 6 nitrogen and oxygen atoms in total. The first-order valence-electron chi connectivity index (χ1n) is 10.4. The molecule has 1 N–H and O–H groups in total. The van der Waals surface area contributed by atoms with Gasteiger partial charge in [-0.25, -0.2) is 4.98 Å². The molecule has 152 valence electrons. The van der Waals surface area contributed by atoms with Gasteiger partial charge in [0.25, 0.3) is 5.89 Å². The van der Waals surface area contributed by atoms with Crippen molar-refractivity contribution in [3.63, 3.8) is 0 Å². The number of nitrogens with one attached hydrogen (secondary N) is 1. The second kappa shape index (κ2) is 8.16. The molecule has 3 aromatic rings. The molecular weight excluding hydrogens is 384 g/mol. The highest BCUT2D eigenvalue weighted by atomic mass is 32.1. The van der Waals surface area contributed by atoms with Crippen LogP contribution in [0.4, 0.5) is 5.69 Å². The number of amides is 1. The van der Waals surface area contributed by atoms with E-state index < -0.39 is 0 Å². The number of carbonyl (C=O) groups is 1. The maximum absolute atomic E-state index is 12.0. The summed E-state index contributed by atoms with van der Waals surface area (Å²) in [6.07, 6.45) is 6.27. The molecular formula is C22H26N4O2S. The molecule has 2 aromatic heterocycles. The summed E-state index contributed by atoms with van der Waals surface area (Å²) in [5.41, 5.74) is 1.38. The number of hydrogen-bond donors (Lipinski definition) is 1. The number of nitrogens with zero attached hydrogens (tertiary/aromatic N) is 3. The molecule has 1 aliphatic carbocycles. The molecule has 29 heavy (non-hydrogen) atoms. The van der Waals surface area contributed by atoms with Crippen molar-refractivity contribution in [1.82, 2.24) is 15.2 Å². The number of anilines is 1. The van der Waals surface area contributed by atoms with E-state index in [4.69, 9.17) is 4.42 Å². The summed E-state index contributed by atoms with van der Waals surface area (Å²) in [6, 6.07) is 9.15. The monoisotopic (exact) mass is 410 g/mol. The van der Waals surface area contributed by atoms with Gasteiger partial charge in [0.15, 0.2) is 0 Å². The minimum Gasteiger partial charge on any atom is -0.441 e. The molecule has 7 heteroatoms. The lowest BCUT2D eigenvalue weighted by Crippen LogP contribution is -2.48. The van der Waals surface area contributed by atoms with E-state index in [0.29, 0.717) is 5.92 Å². The first kappa shape index (κ1) is 18.6. The second-order valence-corrected chi connectivity index (χ2v) is 9.02. The lowest BCUT2D eigenvalue weighted by Gasteiger charge is -2.39. The quantitative estimate of drug-likeness (QED) is 0.673. The summed E-state index contributed by atoms with van der Waals surface area (Å²) in [7, 11) is 0. The maximum atomic E-state index is 12.0. The molecule has 0 bridgehead atoms. The van der Waals surface area contributed by atoms with Crippen LogP contribution in [0.25, 0.3) is 10.1 Å². The molecule has 1 aliphatic heterocycles. The van der Waals surface area contributed by atoms with Crippen LogP contribution in [0.15, 0.2) is 46.5 Å². The predicted octanol–water partition coefficient (Wildman–Crippen LogP) is 3.61. The van der Waals surface area contributed by atoms with Gasteiger partial charge in [-0.3, -0.25) is 9.69 Å². The summed E-state index contributed by atoms with van der Waals surface area (Å²) in [4.78, 5) is 21.0. The van der Waals surface area contributed by atoms with Gasteiger partial charge in [-0.1, -0.05) is 6.07 Å². The zero-order valence-electron chi connectivity index (χ0n) is 16.4. The molecule has 0 atom stereocenters. The summed E-state index contributed by atoms with van der Waals surface area (Å²) >= 11 is 1.82. The van der Waals surface area contributed by atoms with Gasteiger partial charge in [0.2, 0.25) is 0 Å². The topological polar surface area (TPSA) is 61.6 Å². The van der Waals surface area contributed by atoms with Crippen LogP contribution in [-0.4, -0.2) is 54.6 Å². The average molecular weight is 411 g/mol. The van der Waals surface area contributed by atoms with Crippen LogP contribution >= 0.6 is 11.3 Å². The third-order valence-electron chi connectivity index (χ3n) is 6.24. The van der Waals surface area contributed by atoms with Gasteiger partial charge in [-0.15, -0.1) is 11.3 Å². The Balaban J connectivity index is 1.04. The molecule has 0 spiro atoms. The number of oxazole rings is 1. The van der Waals surface area contributed by atoms with E-state index in [1.54, 1.807) is 0 Å². The molecule has 0 radical (unpaired) electrons. The van der Waals surface area contributed by atoms with Gasteiger partial charge in [0.05, 0.1) is 6.20 Å². The number of carbonyl (C=O) groups excluding carboxylic acids is 1. The molecule has 2 fully saturated rings. The van der Waals surface area contributed by atoms with Crippen molar-refractivity contribution in [2.45, 2.75) is 25.3 Å². The largest absolute Gasteiger partial charge is 0.441 e. The number of fused-ring (bicyclic) bond motifs is 1. The van der Waals surface area contributed by atoms with Crippen LogP contribution in [0.2, 0.25) is 0 Å². The van der Waals surface area contributed by atoms with Crippen molar-refractivity contribution in [2.24, 2.45) is 5.92 Å². The Morgan fingerprint density at radius 2 is 2.07 bits per heavy atom. The number of piperazine rings is 1. The van der Waals surface area contributed by atoms with Gasteiger partial charge >= 0.3 is 5.91 Å². The van der Waals surface area contributed by atoms with Crippen molar-refractivity contribution >= 4 is 33.0 Å². The highest BCUT2D eigenvalue weighted by molar-refractivity contribution is 7.17. The maximum Gasteiger partial charge on any atom is 0.307 e. The third kappa shape index (κ3) is 4.02. The normalized spacial score (nSPS) is 22.6. The minimum absolute atomic E-state index is 0.157. The average Bonchev–Trinajstić information content (AvgIpc) is 3.41. The number of benzene rings is 1. The number of aromatic nitrogens is 1. The molecule has 1 amide bonds. The molecule has 2 aliphatic rings. The fourth-order valence-electron chi connectivity index (χ4n) is 4.50. The van der Waals surface area contributed by atoms with Crippen LogP contribution in [0.5, 0.6) is 0 Å². The van der Waals surface area contributed by atoms with Gasteiger partial charge in [0.1, 0.15) is 6.26 Å². The van der Waals surface area contributed by atoms with Crippen molar-refractivity contribution < 1.29 is 9.21 Å². The molecule has 3 heterocycles. The lowest BCUT2D eigenvalue weighted by atomic mass is 9.78. The van der Waals surface area contributed by atoms with Gasteiger partial charge in [-0.2, -0.15) is 0 Å². The van der Waals surface area contributed by atoms with Crippen LogP contribution in [-0.2, 0) is 0 Å². The fraction of sp³-hybridized carbons (Fsp3) is 0.455. The van der Waals surface area contributed by atoms with Gasteiger partial charge in [0, 0.05) is 48.0 Å². The first-order valence-corrected chi connectivity index (χ1v) is 11.3. The van der Waals surface area contributed by atoms with E-state index in [0.717, 1.165) is 45.6 Å². The molecule has 1 saturated carbocycles. The Morgan fingerprint density at radius 3 is 2.86 bits per heavy atom. The summed E-state index contributed by atoms with van der Waals surface area (Å²) in [5, 5.41) is 6.58. The third-order valence-corrected chi connectivity index (χ3v) is 7.12. The Bertz CT molecular complexity index is 956. The van der Waals surface area contributed by atoms with E-state index in [2.05, 4.69) is 49.7 Å². The Labute approximate surface area is 174 Å². The van der Waals surface area contributed by atoms with Crippen LogP contribution < -0.4 is 10.2 Å². The minimum atomic E-state index is -0.199. The van der Waals surface area contributed by atoms with Crippen molar-refractivity contribution in [3.8, 4) is 0 Å². The second-order valence-electron chi connectivity index (χ2n) is 8.07. The first-order chi connectivity index (χ1) is 14.3. The summed E-state index contributed by atoms with van der Waals surface area (Å²) < 4.78 is 6.42. The summed E-state index contributed by atoms with van der Waals surface area (Å²) in [5.74, 6) is 0.669. The smallest absolute Gasteiger partial charge is 0.307 e. The Kier molecular flexibility index (Phi) is 5.24. The van der Waals surface area contributed by atoms with Crippen molar-refractivity contribution in [3.05, 3.63) is 48.0 Å². The number of thiophene rings is 1. The SMILES string of the molecule is O=C(N[C@H]1C[C@@H](CCN2CCN(c3cccc4sccc34)CC2)C1)c1ncco1. The number of hydrogen-bond acceptors (Lipinski definition) is 6. The predicted molar refractivity (Wildman–Crippen MR) is 116 cm³/mol. The zero-order chi connectivity index (χ0) is 19.6. The standard InChI is InChI=1S/C22H26N4O2S/c27-21(22-23-6-12-28-22)24-17-14-16(15-17)4-7-25-8-10-26(11-9-25)19-2-1-3-20-18(19)5-13-29-20/h1-3,5-6,12-13,16-17H,4,7-11,14-15H2,(H,24,27)/t16-,17+. The van der Waals surface area contributed by atoms with Crippen LogP contribution in [0.1, 0.15) is 29.9 Å². The van der Waals surface area contributed by atoms with E-state index in [1.165, 1.54) is 34.7 Å². The molecule has 1 aromatic carbocycles. The molecule has 1 saturated heterocycles. The Hall–Kier alpha value is -2.38. The van der Waals surface area contributed by atoms with Crippen LogP contribution in [0.3, 0.4) is 0 Å². The Morgan fingerprint density at radius 1 is 1.21 bits per heavy atom.